The van der Waals surface area contributed by atoms with Gasteiger partial charge in [0.05, 0.1) is 30.9 Å². The number of methoxy groups -OCH3 is 1. The van der Waals surface area contributed by atoms with Crippen LogP contribution in [0.4, 0.5) is 0 Å². The molecule has 52 heavy (non-hydrogen) atoms. The van der Waals surface area contributed by atoms with Crippen LogP contribution in [0.5, 0.6) is 0 Å². The summed E-state index contributed by atoms with van der Waals surface area (Å²) in [5, 5.41) is 24.2. The van der Waals surface area contributed by atoms with Gasteiger partial charge in [0, 0.05) is 35.5 Å². The third kappa shape index (κ3) is 3.68. The van der Waals surface area contributed by atoms with E-state index in [4.69, 9.17) is 37.9 Å². The number of aliphatic hydroxyl groups excluding tert-OH is 1. The molecule has 2 spiro atoms. The number of cyclic esters (lactones) is 2. The van der Waals surface area contributed by atoms with Crippen molar-refractivity contribution in [1.29, 1.82) is 0 Å². The first kappa shape index (κ1) is 35.9. The number of esters is 5. The fourth-order valence-corrected chi connectivity index (χ4v) is 12.8. The summed E-state index contributed by atoms with van der Waals surface area (Å²) >= 11 is 0. The zero-order valence-electron chi connectivity index (χ0n) is 30.9. The van der Waals surface area contributed by atoms with Gasteiger partial charge in [-0.25, -0.2) is 4.79 Å². The maximum Gasteiger partial charge on any atom is 0.340 e. The molecule has 4 saturated carbocycles. The predicted octanol–water partition coefficient (Wildman–Crippen LogP) is 1.98. The Kier molecular flexibility index (Phi) is 7.14. The Bertz CT molecular complexity index is 1720. The minimum absolute atomic E-state index is 0.0556. The van der Waals surface area contributed by atoms with E-state index >= 15 is 0 Å². The Morgan fingerprint density at radius 2 is 1.50 bits per heavy atom. The summed E-state index contributed by atoms with van der Waals surface area (Å²) in [4.78, 5) is 67.9. The van der Waals surface area contributed by atoms with Crippen LogP contribution in [0.1, 0.15) is 87.5 Å². The Morgan fingerprint density at radius 1 is 0.885 bits per heavy atom. The molecule has 0 aromatic carbocycles. The maximum atomic E-state index is 14.0. The number of aliphatic hydroxyl groups is 2. The van der Waals surface area contributed by atoms with Crippen molar-refractivity contribution in [2.45, 2.75) is 140 Å². The van der Waals surface area contributed by atoms with Crippen molar-refractivity contribution < 1.29 is 72.1 Å². The lowest BCUT2D eigenvalue weighted by Gasteiger charge is -2.77. The number of carbonyl (C=O) groups is 5. The van der Waals surface area contributed by atoms with E-state index in [1.54, 1.807) is 34.6 Å². The van der Waals surface area contributed by atoms with Crippen LogP contribution in [0.25, 0.3) is 0 Å². The smallest absolute Gasteiger partial charge is 0.340 e. The molecule has 0 amide bonds. The van der Waals surface area contributed by atoms with Gasteiger partial charge in [0.1, 0.15) is 29.0 Å². The lowest BCUT2D eigenvalue weighted by atomic mass is 9.33. The van der Waals surface area contributed by atoms with Gasteiger partial charge in [0.2, 0.25) is 6.29 Å². The molecule has 2 N–H and O–H groups in total. The molecule has 15 heteroatoms. The molecule has 0 aromatic rings. The third-order valence-electron chi connectivity index (χ3n) is 14.6. The van der Waals surface area contributed by atoms with Crippen LogP contribution >= 0.6 is 0 Å². The van der Waals surface area contributed by atoms with E-state index < -0.39 is 123 Å². The molecule has 4 heterocycles. The summed E-state index contributed by atoms with van der Waals surface area (Å²) < 4.78 is 50.2. The molecular weight excluding hydrogens is 684 g/mol. The Hall–Kier alpha value is -3.11. The molecule has 3 saturated heterocycles. The molecule has 4 bridgehead atoms. The van der Waals surface area contributed by atoms with Crippen molar-refractivity contribution in [3.63, 3.8) is 0 Å². The van der Waals surface area contributed by atoms with Crippen molar-refractivity contribution in [2.24, 2.45) is 39.9 Å². The van der Waals surface area contributed by atoms with Crippen LogP contribution in [0, 0.1) is 39.9 Å². The SMILES string of the molecule is COC(=O)CC1C2(C)CC34OC5(C)OC6(C7CC(=O)OC(C8=CC(O)OC8=O)C7(C)CCC6(O5)C13C)C(OC(=O)C(C)C)C4(O)C2OC(=O)C(C)C. The van der Waals surface area contributed by atoms with Crippen LogP contribution in [0.2, 0.25) is 0 Å². The highest BCUT2D eigenvalue weighted by Crippen LogP contribution is 2.89. The van der Waals surface area contributed by atoms with E-state index in [9.17, 15) is 34.2 Å². The lowest BCUT2D eigenvalue weighted by molar-refractivity contribution is -0.478. The first-order valence-corrected chi connectivity index (χ1v) is 18.2. The average Bonchev–Trinajstić information content (AvgIpc) is 3.64. The zero-order valence-corrected chi connectivity index (χ0v) is 30.9. The van der Waals surface area contributed by atoms with Gasteiger partial charge in [-0.3, -0.25) is 19.2 Å². The summed E-state index contributed by atoms with van der Waals surface area (Å²) in [6.45, 7) is 13.7. The summed E-state index contributed by atoms with van der Waals surface area (Å²) in [5.74, 6) is -8.36. The quantitative estimate of drug-likeness (QED) is 0.284. The second-order valence-electron chi connectivity index (χ2n) is 17.7. The van der Waals surface area contributed by atoms with Crippen molar-refractivity contribution in [2.75, 3.05) is 7.11 Å². The molecular formula is C37H48O15. The monoisotopic (exact) mass is 732 g/mol. The number of ether oxygens (including phenoxy) is 8. The van der Waals surface area contributed by atoms with Crippen LogP contribution in [-0.2, 0) is 61.9 Å². The fraction of sp³-hybridized carbons (Fsp3) is 0.811. The van der Waals surface area contributed by atoms with Crippen molar-refractivity contribution >= 4 is 29.8 Å². The molecule has 14 unspecified atom stereocenters. The highest BCUT2D eigenvalue weighted by Gasteiger charge is 3.04. The molecule has 14 atom stereocenters. The topological polar surface area (TPSA) is 200 Å². The van der Waals surface area contributed by atoms with E-state index in [1.807, 2.05) is 20.8 Å². The summed E-state index contributed by atoms with van der Waals surface area (Å²) in [5.41, 5.74) is -11.1. The van der Waals surface area contributed by atoms with E-state index in [1.165, 1.54) is 13.2 Å². The van der Waals surface area contributed by atoms with Gasteiger partial charge < -0.3 is 48.1 Å². The van der Waals surface area contributed by atoms with Crippen molar-refractivity contribution in [1.82, 2.24) is 0 Å². The van der Waals surface area contributed by atoms with E-state index in [0.29, 0.717) is 0 Å². The predicted molar refractivity (Wildman–Crippen MR) is 171 cm³/mol. The molecule has 8 aliphatic rings. The number of carbonyl (C=O) groups excluding carboxylic acids is 5. The second kappa shape index (κ2) is 10.3. The number of hydrogen-bond acceptors (Lipinski definition) is 15. The zero-order chi connectivity index (χ0) is 38.0. The van der Waals surface area contributed by atoms with E-state index in [-0.39, 0.29) is 37.7 Å². The molecule has 8 rings (SSSR count). The molecule has 15 nitrogen and oxygen atoms in total. The van der Waals surface area contributed by atoms with Gasteiger partial charge in [0.15, 0.2) is 11.7 Å². The first-order valence-electron chi connectivity index (χ1n) is 18.2. The average molecular weight is 733 g/mol. The molecule has 7 fully saturated rings. The largest absolute Gasteiger partial charge is 0.469 e. The Labute approximate surface area is 300 Å². The van der Waals surface area contributed by atoms with Crippen LogP contribution in [-0.4, -0.2) is 100 Å². The summed E-state index contributed by atoms with van der Waals surface area (Å²) in [7, 11) is 1.28. The van der Waals surface area contributed by atoms with Crippen molar-refractivity contribution in [3.8, 4) is 0 Å². The van der Waals surface area contributed by atoms with Gasteiger partial charge >= 0.3 is 29.8 Å². The van der Waals surface area contributed by atoms with Crippen LogP contribution in [0.15, 0.2) is 11.6 Å². The Morgan fingerprint density at radius 3 is 2.08 bits per heavy atom. The van der Waals surface area contributed by atoms with Gasteiger partial charge in [-0.2, -0.15) is 0 Å². The molecule has 4 aliphatic carbocycles. The van der Waals surface area contributed by atoms with Gasteiger partial charge in [-0.15, -0.1) is 0 Å². The number of rotatable bonds is 7. The first-order chi connectivity index (χ1) is 24.1. The van der Waals surface area contributed by atoms with Crippen LogP contribution < -0.4 is 0 Å². The molecule has 4 aliphatic heterocycles. The molecule has 0 aromatic heterocycles. The fourth-order valence-electron chi connectivity index (χ4n) is 12.8. The molecule has 286 valence electrons. The van der Waals surface area contributed by atoms with E-state index in [0.717, 1.165) is 0 Å². The molecule has 0 radical (unpaired) electrons. The minimum atomic E-state index is -2.32. The normalized spacial score (nSPS) is 51.8. The van der Waals surface area contributed by atoms with Gasteiger partial charge in [0.25, 0.3) is 5.97 Å². The number of hydrogen-bond donors (Lipinski definition) is 2. The highest BCUT2D eigenvalue weighted by atomic mass is 16.9. The Balaban J connectivity index is 1.45. The van der Waals surface area contributed by atoms with E-state index in [2.05, 4.69) is 0 Å². The van der Waals surface area contributed by atoms with Gasteiger partial charge in [-0.05, 0) is 31.3 Å². The summed E-state index contributed by atoms with van der Waals surface area (Å²) in [6, 6.07) is 0. The maximum absolute atomic E-state index is 14.0. The van der Waals surface area contributed by atoms with Crippen LogP contribution in [0.3, 0.4) is 0 Å². The lowest BCUT2D eigenvalue weighted by Crippen LogP contribution is -2.94. The second-order valence-corrected chi connectivity index (χ2v) is 17.7. The standard InChI is InChI=1S/C37H48O15/c1-16(2)25(41)48-28-31(6)15-35-32(7,19(31)13-21(38)45-9)34-11-10-30(5)20(14-23(40)46-24(30)18-12-22(39)47-27(18)43)37(34,52-33(8,50-34)51-35)29(36(28,35)44)49-26(42)17(3)4/h12,16-17,19-20,22,24,28-29,39,44H,10-11,13-15H2,1-9H3. The highest BCUT2D eigenvalue weighted by molar-refractivity contribution is 5.93. The van der Waals surface area contributed by atoms with Crippen molar-refractivity contribution in [3.05, 3.63) is 11.6 Å². The number of fused-ring (bicyclic) bond motifs is 3. The van der Waals surface area contributed by atoms with Gasteiger partial charge in [-0.1, -0.05) is 48.5 Å². The third-order valence-corrected chi connectivity index (χ3v) is 14.6. The minimum Gasteiger partial charge on any atom is -0.469 e. The summed E-state index contributed by atoms with van der Waals surface area (Å²) in [6.07, 6.45) is -4.64.